The molecule has 0 saturated heterocycles. The van der Waals surface area contributed by atoms with Crippen molar-refractivity contribution in [1.29, 1.82) is 0 Å². The highest BCUT2D eigenvalue weighted by molar-refractivity contribution is 5.76. The smallest absolute Gasteiger partial charge is 0.220 e. The number of hydrogen-bond acceptors (Lipinski definition) is 3. The Kier molecular flexibility index (Phi) is 4.56. The maximum Gasteiger partial charge on any atom is 0.220 e. The Morgan fingerprint density at radius 2 is 2.28 bits per heavy atom. The molecule has 0 aromatic carbocycles. The number of nitrogens with zero attached hydrogens (tertiary/aromatic N) is 1. The van der Waals surface area contributed by atoms with Gasteiger partial charge in [0.25, 0.3) is 0 Å². The molecule has 1 aliphatic carbocycles. The van der Waals surface area contributed by atoms with E-state index in [1.165, 1.54) is 25.7 Å². The van der Waals surface area contributed by atoms with E-state index in [0.717, 1.165) is 5.56 Å². The fraction of sp³-hybridized carbons (Fsp3) is 0.571. The Labute approximate surface area is 108 Å². The van der Waals surface area contributed by atoms with Gasteiger partial charge < -0.3 is 10.1 Å². The van der Waals surface area contributed by atoms with Crippen molar-refractivity contribution in [3.05, 3.63) is 23.9 Å². The normalized spacial score (nSPS) is 15.6. The number of methoxy groups -OCH3 is 1. The number of aromatic nitrogens is 1. The molecule has 1 aromatic rings. The van der Waals surface area contributed by atoms with E-state index in [1.807, 2.05) is 12.1 Å². The fourth-order valence-corrected chi connectivity index (χ4v) is 2.42. The molecule has 0 bridgehead atoms. The van der Waals surface area contributed by atoms with Crippen LogP contribution in [0.5, 0.6) is 5.88 Å². The van der Waals surface area contributed by atoms with Crippen molar-refractivity contribution >= 4 is 5.91 Å². The van der Waals surface area contributed by atoms with Crippen LogP contribution >= 0.6 is 0 Å². The molecule has 0 spiro atoms. The maximum atomic E-state index is 11.8. The van der Waals surface area contributed by atoms with Crippen molar-refractivity contribution < 1.29 is 9.53 Å². The zero-order chi connectivity index (χ0) is 12.8. The van der Waals surface area contributed by atoms with E-state index >= 15 is 0 Å². The lowest BCUT2D eigenvalue weighted by molar-refractivity contribution is -0.122. The van der Waals surface area contributed by atoms with Gasteiger partial charge >= 0.3 is 0 Å². The van der Waals surface area contributed by atoms with E-state index in [2.05, 4.69) is 10.3 Å². The molecular weight excluding hydrogens is 228 g/mol. The number of rotatable bonds is 5. The summed E-state index contributed by atoms with van der Waals surface area (Å²) in [7, 11) is 1.59. The van der Waals surface area contributed by atoms with Crippen LogP contribution in [0.15, 0.2) is 18.3 Å². The molecule has 1 amide bonds. The number of carbonyl (C=O) groups is 1. The Morgan fingerprint density at radius 3 is 3.00 bits per heavy atom. The topological polar surface area (TPSA) is 51.2 Å². The highest BCUT2D eigenvalue weighted by Crippen LogP contribution is 2.27. The summed E-state index contributed by atoms with van der Waals surface area (Å²) in [6.07, 6.45) is 7.32. The van der Waals surface area contributed by atoms with E-state index < -0.39 is 0 Å². The molecule has 1 aromatic heterocycles. The predicted molar refractivity (Wildman–Crippen MR) is 69.2 cm³/mol. The minimum absolute atomic E-state index is 0.151. The molecule has 1 fully saturated rings. The molecule has 1 heterocycles. The third-order valence-electron chi connectivity index (χ3n) is 3.45. The number of nitrogens with one attached hydrogen (secondary N) is 1. The van der Waals surface area contributed by atoms with E-state index in [-0.39, 0.29) is 5.91 Å². The Bertz CT molecular complexity index is 401. The van der Waals surface area contributed by atoms with Gasteiger partial charge in [-0.05, 0) is 30.4 Å². The third kappa shape index (κ3) is 3.72. The van der Waals surface area contributed by atoms with Crippen molar-refractivity contribution in [2.45, 2.75) is 38.6 Å². The van der Waals surface area contributed by atoms with Gasteiger partial charge in [-0.2, -0.15) is 0 Å². The van der Waals surface area contributed by atoms with Gasteiger partial charge in [0.2, 0.25) is 11.8 Å². The first-order valence-corrected chi connectivity index (χ1v) is 6.53. The summed E-state index contributed by atoms with van der Waals surface area (Å²) in [6.45, 7) is 0.546. The molecule has 0 radical (unpaired) electrons. The summed E-state index contributed by atoms with van der Waals surface area (Å²) in [5.41, 5.74) is 1.02. The Hall–Kier alpha value is -1.58. The van der Waals surface area contributed by atoms with Gasteiger partial charge in [-0.15, -0.1) is 0 Å². The molecule has 0 atom stereocenters. The summed E-state index contributed by atoms with van der Waals surface area (Å²) < 4.78 is 5.05. The van der Waals surface area contributed by atoms with Crippen LogP contribution in [-0.4, -0.2) is 18.0 Å². The van der Waals surface area contributed by atoms with Crippen LogP contribution in [0, 0.1) is 5.92 Å². The summed E-state index contributed by atoms with van der Waals surface area (Å²) in [4.78, 5) is 15.8. The number of ether oxygens (including phenoxy) is 1. The number of carbonyl (C=O) groups excluding carboxylic acids is 1. The molecule has 1 saturated carbocycles. The minimum Gasteiger partial charge on any atom is -0.481 e. The van der Waals surface area contributed by atoms with Crippen LogP contribution in [0.25, 0.3) is 0 Å². The lowest BCUT2D eigenvalue weighted by Gasteiger charge is -2.10. The number of amides is 1. The first-order valence-electron chi connectivity index (χ1n) is 6.53. The monoisotopic (exact) mass is 248 g/mol. The second-order valence-electron chi connectivity index (χ2n) is 4.84. The minimum atomic E-state index is 0.151. The second kappa shape index (κ2) is 6.38. The average molecular weight is 248 g/mol. The van der Waals surface area contributed by atoms with Crippen LogP contribution in [0.2, 0.25) is 0 Å². The van der Waals surface area contributed by atoms with Gasteiger partial charge in [0, 0.05) is 25.2 Å². The standard InChI is InChI=1S/C14H20N2O2/c1-18-14-9-12(6-7-15-14)10-16-13(17)8-11-4-2-3-5-11/h6-7,9,11H,2-5,8,10H2,1H3,(H,16,17). The molecule has 0 unspecified atom stereocenters. The predicted octanol–water partition coefficient (Wildman–Crippen LogP) is 2.29. The van der Waals surface area contributed by atoms with Crippen molar-refractivity contribution in [1.82, 2.24) is 10.3 Å². The van der Waals surface area contributed by atoms with E-state index in [9.17, 15) is 4.79 Å². The van der Waals surface area contributed by atoms with Crippen LogP contribution in [0.3, 0.4) is 0 Å². The van der Waals surface area contributed by atoms with Gasteiger partial charge in [-0.25, -0.2) is 4.98 Å². The molecule has 1 N–H and O–H groups in total. The van der Waals surface area contributed by atoms with Gasteiger partial charge in [0.1, 0.15) is 0 Å². The van der Waals surface area contributed by atoms with E-state index in [0.29, 0.717) is 24.8 Å². The summed E-state index contributed by atoms with van der Waals surface area (Å²) in [6, 6.07) is 3.73. The molecule has 0 aliphatic heterocycles. The van der Waals surface area contributed by atoms with Crippen LogP contribution in [-0.2, 0) is 11.3 Å². The zero-order valence-electron chi connectivity index (χ0n) is 10.8. The van der Waals surface area contributed by atoms with Crippen LogP contribution in [0.4, 0.5) is 0 Å². The molecule has 1 aliphatic rings. The second-order valence-corrected chi connectivity index (χ2v) is 4.84. The lowest BCUT2D eigenvalue weighted by Crippen LogP contribution is -2.24. The van der Waals surface area contributed by atoms with Crippen molar-refractivity contribution in [2.24, 2.45) is 5.92 Å². The average Bonchev–Trinajstić information content (AvgIpc) is 2.89. The highest BCUT2D eigenvalue weighted by Gasteiger charge is 2.18. The van der Waals surface area contributed by atoms with Gasteiger partial charge in [-0.1, -0.05) is 12.8 Å². The van der Waals surface area contributed by atoms with Crippen molar-refractivity contribution in [2.75, 3.05) is 7.11 Å². The van der Waals surface area contributed by atoms with E-state index in [4.69, 9.17) is 4.74 Å². The Morgan fingerprint density at radius 1 is 1.50 bits per heavy atom. The molecule has 4 nitrogen and oxygen atoms in total. The van der Waals surface area contributed by atoms with E-state index in [1.54, 1.807) is 13.3 Å². The van der Waals surface area contributed by atoms with Gasteiger partial charge in [0.05, 0.1) is 7.11 Å². The number of hydrogen-bond donors (Lipinski definition) is 1. The summed E-state index contributed by atoms with van der Waals surface area (Å²) in [5, 5.41) is 2.95. The quantitative estimate of drug-likeness (QED) is 0.869. The summed E-state index contributed by atoms with van der Waals surface area (Å²) in [5.74, 6) is 1.33. The zero-order valence-corrected chi connectivity index (χ0v) is 10.8. The molecule has 4 heteroatoms. The first kappa shape index (κ1) is 12.9. The SMILES string of the molecule is COc1cc(CNC(=O)CC2CCCC2)ccn1. The number of pyridine rings is 1. The fourth-order valence-electron chi connectivity index (χ4n) is 2.42. The first-order chi connectivity index (χ1) is 8.78. The molecule has 98 valence electrons. The Balaban J connectivity index is 1.77. The molecule has 2 rings (SSSR count). The summed E-state index contributed by atoms with van der Waals surface area (Å²) >= 11 is 0. The van der Waals surface area contributed by atoms with Gasteiger partial charge in [-0.3, -0.25) is 4.79 Å². The molecular formula is C14H20N2O2. The van der Waals surface area contributed by atoms with Crippen molar-refractivity contribution in [3.63, 3.8) is 0 Å². The van der Waals surface area contributed by atoms with Crippen molar-refractivity contribution in [3.8, 4) is 5.88 Å². The third-order valence-corrected chi connectivity index (χ3v) is 3.45. The lowest BCUT2D eigenvalue weighted by atomic mass is 10.0. The molecule has 18 heavy (non-hydrogen) atoms. The maximum absolute atomic E-state index is 11.8. The largest absolute Gasteiger partial charge is 0.481 e. The van der Waals surface area contributed by atoms with Gasteiger partial charge in [0.15, 0.2) is 0 Å². The van der Waals surface area contributed by atoms with Crippen LogP contribution < -0.4 is 10.1 Å². The highest BCUT2D eigenvalue weighted by atomic mass is 16.5. The van der Waals surface area contributed by atoms with Crippen LogP contribution in [0.1, 0.15) is 37.7 Å².